The van der Waals surface area contributed by atoms with Gasteiger partial charge in [-0.05, 0) is 51.4 Å². The van der Waals surface area contributed by atoms with Crippen molar-refractivity contribution in [1.82, 2.24) is 5.32 Å². The van der Waals surface area contributed by atoms with E-state index in [4.69, 9.17) is 4.74 Å². The van der Waals surface area contributed by atoms with E-state index in [2.05, 4.69) is 43.5 Å². The summed E-state index contributed by atoms with van der Waals surface area (Å²) in [7, 11) is 0. The second-order valence-corrected chi connectivity index (χ2v) is 23.9. The molecule has 0 aromatic carbocycles. The molecule has 0 bridgehead atoms. The monoisotopic (exact) mass is 1070 g/mol. The molecular weight excluding hydrogens is 935 g/mol. The molecule has 3 N–H and O–H groups in total. The van der Waals surface area contributed by atoms with Crippen molar-refractivity contribution >= 4 is 11.9 Å². The van der Waals surface area contributed by atoms with Gasteiger partial charge in [-0.25, -0.2) is 0 Å². The number of aliphatic hydroxyl groups excluding tert-OH is 2. The van der Waals surface area contributed by atoms with Gasteiger partial charge in [-0.3, -0.25) is 9.59 Å². The molecule has 0 spiro atoms. The minimum atomic E-state index is -0.663. The summed E-state index contributed by atoms with van der Waals surface area (Å²) in [4.78, 5) is 24.6. The molecule has 0 saturated heterocycles. The highest BCUT2D eigenvalue weighted by atomic mass is 16.5. The van der Waals surface area contributed by atoms with Gasteiger partial charge in [-0.15, -0.1) is 0 Å². The molecule has 76 heavy (non-hydrogen) atoms. The molecule has 6 heteroatoms. The van der Waals surface area contributed by atoms with Crippen LogP contribution in [0.4, 0.5) is 0 Å². The summed E-state index contributed by atoms with van der Waals surface area (Å²) < 4.78 is 5.48. The van der Waals surface area contributed by atoms with Crippen LogP contribution in [0.3, 0.4) is 0 Å². The van der Waals surface area contributed by atoms with E-state index in [1.165, 1.54) is 302 Å². The standard InChI is InChI=1S/C70H135NO5/c1-3-5-7-9-11-13-15-17-19-20-32-35-38-42-46-50-54-58-62-68(73)67(66-72)71-69(74)63-59-55-51-47-43-39-36-33-30-28-26-24-22-21-23-25-27-29-31-34-37-41-45-49-53-57-61-65-76-70(75)64-60-56-52-48-44-40-18-16-14-12-10-8-6-4-2/h10,12,16,18,67-68,72-73H,3-9,11,13-15,17,19-66H2,1-2H3,(H,71,74)/b12-10-,18-16-. The molecule has 2 unspecified atom stereocenters. The Morgan fingerprint density at radius 1 is 0.368 bits per heavy atom. The lowest BCUT2D eigenvalue weighted by atomic mass is 10.0. The predicted octanol–water partition coefficient (Wildman–Crippen LogP) is 22.1. The van der Waals surface area contributed by atoms with Crippen molar-refractivity contribution in [2.24, 2.45) is 0 Å². The lowest BCUT2D eigenvalue weighted by Crippen LogP contribution is -2.45. The van der Waals surface area contributed by atoms with E-state index < -0.39 is 12.1 Å². The Kier molecular flexibility index (Phi) is 64.4. The predicted molar refractivity (Wildman–Crippen MR) is 333 cm³/mol. The van der Waals surface area contributed by atoms with Gasteiger partial charge < -0.3 is 20.3 Å². The van der Waals surface area contributed by atoms with Crippen LogP contribution in [0.25, 0.3) is 0 Å². The third-order valence-corrected chi connectivity index (χ3v) is 16.3. The number of rotatable bonds is 65. The molecule has 2 atom stereocenters. The Morgan fingerprint density at radius 2 is 0.671 bits per heavy atom. The van der Waals surface area contributed by atoms with Crippen LogP contribution in [0.1, 0.15) is 386 Å². The maximum atomic E-state index is 12.5. The summed E-state index contributed by atoms with van der Waals surface area (Å²) >= 11 is 0. The molecule has 0 heterocycles. The van der Waals surface area contributed by atoms with E-state index >= 15 is 0 Å². The van der Waals surface area contributed by atoms with E-state index in [-0.39, 0.29) is 18.5 Å². The number of ether oxygens (including phenoxy) is 1. The van der Waals surface area contributed by atoms with Crippen LogP contribution in [0.5, 0.6) is 0 Å². The first-order valence-electron chi connectivity index (χ1n) is 34.6. The van der Waals surface area contributed by atoms with Crippen LogP contribution in [0.15, 0.2) is 24.3 Å². The number of hydrogen-bond donors (Lipinski definition) is 3. The van der Waals surface area contributed by atoms with E-state index in [9.17, 15) is 19.8 Å². The van der Waals surface area contributed by atoms with Crippen molar-refractivity contribution in [3.8, 4) is 0 Å². The Morgan fingerprint density at radius 3 is 1.04 bits per heavy atom. The van der Waals surface area contributed by atoms with Crippen LogP contribution >= 0.6 is 0 Å². The Bertz CT molecular complexity index is 1190. The summed E-state index contributed by atoms with van der Waals surface area (Å²) in [6, 6.07) is -0.540. The molecule has 0 fully saturated rings. The number of aliphatic hydroxyl groups is 2. The van der Waals surface area contributed by atoms with Crippen molar-refractivity contribution in [3.05, 3.63) is 24.3 Å². The van der Waals surface area contributed by atoms with Crippen LogP contribution in [-0.2, 0) is 14.3 Å². The minimum Gasteiger partial charge on any atom is -0.466 e. The Labute approximate surface area is 475 Å². The molecule has 1 amide bonds. The number of unbranched alkanes of at least 4 members (excludes halogenated alkanes) is 50. The van der Waals surface area contributed by atoms with Gasteiger partial charge in [0.2, 0.25) is 5.91 Å². The van der Waals surface area contributed by atoms with Gasteiger partial charge in [-0.1, -0.05) is 346 Å². The largest absolute Gasteiger partial charge is 0.466 e. The highest BCUT2D eigenvalue weighted by Gasteiger charge is 2.20. The summed E-state index contributed by atoms with van der Waals surface area (Å²) in [6.07, 6.45) is 82.2. The molecule has 0 radical (unpaired) electrons. The molecule has 0 saturated carbocycles. The van der Waals surface area contributed by atoms with Crippen LogP contribution in [0, 0.1) is 0 Å². The van der Waals surface area contributed by atoms with Crippen LogP contribution in [0.2, 0.25) is 0 Å². The van der Waals surface area contributed by atoms with Crippen molar-refractivity contribution < 1.29 is 24.5 Å². The fourth-order valence-electron chi connectivity index (χ4n) is 11.0. The van der Waals surface area contributed by atoms with Gasteiger partial charge in [-0.2, -0.15) is 0 Å². The maximum Gasteiger partial charge on any atom is 0.305 e. The lowest BCUT2D eigenvalue weighted by Gasteiger charge is -2.22. The smallest absolute Gasteiger partial charge is 0.305 e. The third-order valence-electron chi connectivity index (χ3n) is 16.3. The number of allylic oxidation sites excluding steroid dienone is 4. The van der Waals surface area contributed by atoms with Crippen LogP contribution in [-0.4, -0.2) is 47.4 Å². The van der Waals surface area contributed by atoms with Crippen LogP contribution < -0.4 is 5.32 Å². The highest BCUT2D eigenvalue weighted by Crippen LogP contribution is 2.19. The number of amides is 1. The molecule has 0 aliphatic carbocycles. The second-order valence-electron chi connectivity index (χ2n) is 23.9. The van der Waals surface area contributed by atoms with E-state index in [0.717, 1.165) is 51.4 Å². The SMILES string of the molecule is CCCC/C=C\C/C=C\CCCCCCCC(=O)OCCCCCCCCCCCCCCCCCCCCCCCCCCCCCC(=O)NC(CO)C(O)CCCCCCCCCCCCCCCCCCCC. The molecule has 0 aromatic heterocycles. The Balaban J connectivity index is 3.35. The van der Waals surface area contributed by atoms with Crippen molar-refractivity contribution in [2.75, 3.05) is 13.2 Å². The molecule has 0 aliphatic rings. The molecule has 0 aromatic rings. The van der Waals surface area contributed by atoms with Gasteiger partial charge in [0.15, 0.2) is 0 Å². The zero-order chi connectivity index (χ0) is 55.0. The third kappa shape index (κ3) is 61.6. The number of nitrogens with one attached hydrogen (secondary N) is 1. The number of hydrogen-bond acceptors (Lipinski definition) is 5. The first-order chi connectivity index (χ1) is 37.5. The average molecular weight is 1070 g/mol. The van der Waals surface area contributed by atoms with Crippen molar-refractivity contribution in [3.63, 3.8) is 0 Å². The average Bonchev–Trinajstić information content (AvgIpc) is 3.42. The summed E-state index contributed by atoms with van der Waals surface area (Å²) in [5, 5.41) is 23.4. The van der Waals surface area contributed by atoms with Gasteiger partial charge >= 0.3 is 5.97 Å². The molecule has 0 aliphatic heterocycles. The molecular formula is C70H135NO5. The number of carbonyl (C=O) groups is 2. The number of esters is 1. The minimum absolute atomic E-state index is 0.00404. The van der Waals surface area contributed by atoms with E-state index in [0.29, 0.717) is 25.9 Å². The fraction of sp³-hybridized carbons (Fsp3) is 0.914. The zero-order valence-electron chi connectivity index (χ0n) is 51.5. The number of carbonyl (C=O) groups excluding carboxylic acids is 2. The van der Waals surface area contributed by atoms with E-state index in [1.54, 1.807) is 0 Å². The van der Waals surface area contributed by atoms with Gasteiger partial charge in [0.05, 0.1) is 25.4 Å². The van der Waals surface area contributed by atoms with E-state index in [1.807, 2.05) is 0 Å². The highest BCUT2D eigenvalue weighted by molar-refractivity contribution is 5.76. The van der Waals surface area contributed by atoms with Gasteiger partial charge in [0, 0.05) is 12.8 Å². The van der Waals surface area contributed by atoms with Crippen molar-refractivity contribution in [1.29, 1.82) is 0 Å². The summed E-state index contributed by atoms with van der Waals surface area (Å²) in [6.45, 7) is 4.94. The normalized spacial score (nSPS) is 12.6. The first kappa shape index (κ1) is 74.3. The first-order valence-corrected chi connectivity index (χ1v) is 34.6. The molecule has 0 rings (SSSR count). The summed E-state index contributed by atoms with van der Waals surface area (Å²) in [5.41, 5.74) is 0. The quantitative estimate of drug-likeness (QED) is 0.0320. The lowest BCUT2D eigenvalue weighted by molar-refractivity contribution is -0.143. The topological polar surface area (TPSA) is 95.9 Å². The molecule has 6 nitrogen and oxygen atoms in total. The van der Waals surface area contributed by atoms with Crippen molar-refractivity contribution in [2.45, 2.75) is 398 Å². The zero-order valence-corrected chi connectivity index (χ0v) is 51.5. The van der Waals surface area contributed by atoms with Gasteiger partial charge in [0.1, 0.15) is 0 Å². The van der Waals surface area contributed by atoms with Gasteiger partial charge in [0.25, 0.3) is 0 Å². The molecule has 450 valence electrons. The fourth-order valence-corrected chi connectivity index (χ4v) is 11.0. The second kappa shape index (κ2) is 65.9. The Hall–Kier alpha value is -1.66. The maximum absolute atomic E-state index is 12.5. The summed E-state index contributed by atoms with van der Waals surface area (Å²) in [5.74, 6) is -0.0246.